The summed E-state index contributed by atoms with van der Waals surface area (Å²) in [6.45, 7) is 1.48. The first-order chi connectivity index (χ1) is 15.1. The van der Waals surface area contributed by atoms with Gasteiger partial charge in [-0.15, -0.1) is 0 Å². The monoisotopic (exact) mass is 422 g/mol. The molecule has 9 heteroatoms. The number of para-hydroxylation sites is 1. The molecule has 0 radical (unpaired) electrons. The van der Waals surface area contributed by atoms with E-state index >= 15 is 0 Å². The van der Waals surface area contributed by atoms with Crippen LogP contribution in [0.2, 0.25) is 0 Å². The van der Waals surface area contributed by atoms with E-state index in [9.17, 15) is 14.4 Å². The third kappa shape index (κ3) is 4.26. The van der Waals surface area contributed by atoms with Crippen LogP contribution in [0.15, 0.2) is 64.2 Å². The van der Waals surface area contributed by atoms with E-state index in [0.29, 0.717) is 43.3 Å². The highest BCUT2D eigenvalue weighted by molar-refractivity contribution is 5.91. The smallest absolute Gasteiger partial charge is 0.352 e. The lowest BCUT2D eigenvalue weighted by Gasteiger charge is -2.26. The number of amides is 1. The minimum Gasteiger partial charge on any atom is -0.497 e. The lowest BCUT2D eigenvalue weighted by atomic mass is 10.2. The lowest BCUT2D eigenvalue weighted by Crippen LogP contribution is -2.48. The standard InChI is InChI=1S/C22H22N4O5/c1-30-18-9-5-6-16(14-18)15-25-21(28)19(20(27)24-10-12-31-13-11-24)23-26(22(25)29)17-7-3-2-4-8-17/h2-9,14H,10-13,15H2,1H3. The summed E-state index contributed by atoms with van der Waals surface area (Å²) in [5, 5.41) is 4.17. The number of methoxy groups -OCH3 is 1. The predicted molar refractivity (Wildman–Crippen MR) is 113 cm³/mol. The van der Waals surface area contributed by atoms with E-state index < -0.39 is 17.2 Å². The largest absolute Gasteiger partial charge is 0.497 e. The number of hydrogen-bond acceptors (Lipinski definition) is 6. The Morgan fingerprint density at radius 2 is 1.81 bits per heavy atom. The number of carbonyl (C=O) groups is 1. The van der Waals surface area contributed by atoms with Crippen molar-refractivity contribution in [2.75, 3.05) is 33.4 Å². The van der Waals surface area contributed by atoms with Gasteiger partial charge in [-0.05, 0) is 29.8 Å². The molecule has 0 N–H and O–H groups in total. The van der Waals surface area contributed by atoms with E-state index in [0.717, 1.165) is 9.25 Å². The Labute approximate surface area is 178 Å². The van der Waals surface area contributed by atoms with Gasteiger partial charge in [0.1, 0.15) is 5.75 Å². The molecule has 0 saturated carbocycles. The molecule has 0 unspecified atom stereocenters. The zero-order chi connectivity index (χ0) is 21.8. The van der Waals surface area contributed by atoms with Gasteiger partial charge in [-0.2, -0.15) is 9.78 Å². The van der Waals surface area contributed by atoms with Crippen LogP contribution >= 0.6 is 0 Å². The van der Waals surface area contributed by atoms with Gasteiger partial charge in [0.25, 0.3) is 11.5 Å². The summed E-state index contributed by atoms with van der Waals surface area (Å²) < 4.78 is 12.6. The highest BCUT2D eigenvalue weighted by atomic mass is 16.5. The van der Waals surface area contributed by atoms with Crippen LogP contribution in [0.1, 0.15) is 16.1 Å². The normalized spacial score (nSPS) is 13.8. The van der Waals surface area contributed by atoms with Crippen molar-refractivity contribution in [3.8, 4) is 11.4 Å². The predicted octanol–water partition coefficient (Wildman–Crippen LogP) is 0.923. The zero-order valence-electron chi connectivity index (χ0n) is 17.1. The third-order valence-electron chi connectivity index (χ3n) is 5.04. The molecule has 160 valence electrons. The molecule has 0 atom stereocenters. The van der Waals surface area contributed by atoms with E-state index in [1.165, 1.54) is 4.90 Å². The molecule has 9 nitrogen and oxygen atoms in total. The highest BCUT2D eigenvalue weighted by Crippen LogP contribution is 2.13. The summed E-state index contributed by atoms with van der Waals surface area (Å²) in [6.07, 6.45) is 0. The molecule has 4 rings (SSSR count). The van der Waals surface area contributed by atoms with Crippen LogP contribution in [-0.4, -0.2) is 58.6 Å². The van der Waals surface area contributed by atoms with Crippen LogP contribution in [0.3, 0.4) is 0 Å². The van der Waals surface area contributed by atoms with Crippen molar-refractivity contribution in [1.82, 2.24) is 19.2 Å². The molecule has 0 aliphatic carbocycles. The zero-order valence-corrected chi connectivity index (χ0v) is 17.1. The summed E-state index contributed by atoms with van der Waals surface area (Å²) in [5.41, 5.74) is -0.501. The van der Waals surface area contributed by atoms with Gasteiger partial charge in [-0.25, -0.2) is 4.79 Å². The van der Waals surface area contributed by atoms with Crippen molar-refractivity contribution < 1.29 is 14.3 Å². The van der Waals surface area contributed by atoms with Gasteiger partial charge in [-0.3, -0.25) is 14.2 Å². The Kier molecular flexibility index (Phi) is 5.94. The first-order valence-electron chi connectivity index (χ1n) is 9.88. The molecule has 1 aliphatic heterocycles. The van der Waals surface area contributed by atoms with E-state index in [2.05, 4.69) is 5.10 Å². The van der Waals surface area contributed by atoms with E-state index in [4.69, 9.17) is 9.47 Å². The van der Waals surface area contributed by atoms with Gasteiger partial charge < -0.3 is 14.4 Å². The van der Waals surface area contributed by atoms with Gasteiger partial charge in [0.15, 0.2) is 0 Å². The van der Waals surface area contributed by atoms with Crippen molar-refractivity contribution >= 4 is 5.91 Å². The fraction of sp³-hybridized carbons (Fsp3) is 0.273. The average molecular weight is 422 g/mol. The SMILES string of the molecule is COc1cccc(Cn2c(=O)c(C(=O)N3CCOCC3)nn(-c3ccccc3)c2=O)c1. The molecule has 0 spiro atoms. The molecule has 1 fully saturated rings. The Balaban J connectivity index is 1.85. The maximum Gasteiger partial charge on any atom is 0.352 e. The molecule has 0 bridgehead atoms. The van der Waals surface area contributed by atoms with Crippen molar-refractivity contribution in [3.05, 3.63) is 86.7 Å². The Hall–Kier alpha value is -3.72. The first-order valence-corrected chi connectivity index (χ1v) is 9.88. The molecule has 3 aromatic rings. The fourth-order valence-electron chi connectivity index (χ4n) is 3.40. The summed E-state index contributed by atoms with van der Waals surface area (Å²) in [6, 6.07) is 15.8. The maximum absolute atomic E-state index is 13.2. The van der Waals surface area contributed by atoms with E-state index in [-0.39, 0.29) is 12.2 Å². The van der Waals surface area contributed by atoms with Gasteiger partial charge in [0, 0.05) is 13.1 Å². The number of nitrogens with zero attached hydrogens (tertiary/aromatic N) is 4. The Morgan fingerprint density at radius 1 is 1.06 bits per heavy atom. The molecule has 31 heavy (non-hydrogen) atoms. The van der Waals surface area contributed by atoms with Crippen molar-refractivity contribution in [3.63, 3.8) is 0 Å². The summed E-state index contributed by atoms with van der Waals surface area (Å²) in [4.78, 5) is 41.0. The van der Waals surface area contributed by atoms with Crippen LogP contribution in [0.4, 0.5) is 0 Å². The minimum absolute atomic E-state index is 0.0202. The van der Waals surface area contributed by atoms with Crippen LogP contribution in [0.5, 0.6) is 5.75 Å². The summed E-state index contributed by atoms with van der Waals surface area (Å²) in [7, 11) is 1.54. The molecule has 1 aromatic heterocycles. The van der Waals surface area contributed by atoms with Crippen molar-refractivity contribution in [2.24, 2.45) is 0 Å². The van der Waals surface area contributed by atoms with Crippen molar-refractivity contribution in [1.29, 1.82) is 0 Å². The number of hydrogen-bond donors (Lipinski definition) is 0. The van der Waals surface area contributed by atoms with Gasteiger partial charge in [0.2, 0.25) is 5.69 Å². The van der Waals surface area contributed by atoms with Crippen LogP contribution in [-0.2, 0) is 11.3 Å². The van der Waals surface area contributed by atoms with E-state index in [1.807, 2.05) is 0 Å². The average Bonchev–Trinajstić information content (AvgIpc) is 2.83. The van der Waals surface area contributed by atoms with Gasteiger partial charge in [0.05, 0.1) is 32.6 Å². The number of aromatic nitrogens is 3. The fourth-order valence-corrected chi connectivity index (χ4v) is 3.40. The molecule has 1 amide bonds. The van der Waals surface area contributed by atoms with Crippen LogP contribution < -0.4 is 16.0 Å². The van der Waals surface area contributed by atoms with E-state index in [1.54, 1.807) is 61.7 Å². The minimum atomic E-state index is -0.725. The van der Waals surface area contributed by atoms with Gasteiger partial charge >= 0.3 is 5.69 Å². The number of morpholine rings is 1. The Bertz CT molecular complexity index is 1200. The Morgan fingerprint density at radius 3 is 2.52 bits per heavy atom. The molecule has 1 saturated heterocycles. The first kappa shape index (κ1) is 20.5. The van der Waals surface area contributed by atoms with Crippen LogP contribution in [0.25, 0.3) is 5.69 Å². The second-order valence-electron chi connectivity index (χ2n) is 7.03. The van der Waals surface area contributed by atoms with Crippen LogP contribution in [0, 0.1) is 0 Å². The number of carbonyl (C=O) groups excluding carboxylic acids is 1. The lowest BCUT2D eigenvalue weighted by molar-refractivity contribution is 0.0295. The summed E-state index contributed by atoms with van der Waals surface area (Å²) in [5.74, 6) is 0.0879. The third-order valence-corrected chi connectivity index (χ3v) is 5.04. The molecular formula is C22H22N4O5. The molecule has 2 heterocycles. The number of rotatable bonds is 5. The van der Waals surface area contributed by atoms with Crippen molar-refractivity contribution in [2.45, 2.75) is 6.54 Å². The number of benzene rings is 2. The highest BCUT2D eigenvalue weighted by Gasteiger charge is 2.26. The second kappa shape index (κ2) is 8.97. The molecule has 1 aliphatic rings. The molecule has 2 aromatic carbocycles. The maximum atomic E-state index is 13.2. The molecular weight excluding hydrogens is 400 g/mol. The quantitative estimate of drug-likeness (QED) is 0.607. The topological polar surface area (TPSA) is 95.7 Å². The van der Waals surface area contributed by atoms with Gasteiger partial charge in [-0.1, -0.05) is 30.3 Å². The second-order valence-corrected chi connectivity index (χ2v) is 7.03. The number of ether oxygens (including phenoxy) is 2. The summed E-state index contributed by atoms with van der Waals surface area (Å²) >= 11 is 0.